The van der Waals surface area contributed by atoms with E-state index in [0.29, 0.717) is 17.9 Å². The van der Waals surface area contributed by atoms with Gasteiger partial charge < -0.3 is 16.0 Å². The predicted octanol–water partition coefficient (Wildman–Crippen LogP) is 1.04. The Morgan fingerprint density at radius 3 is 2.94 bits per heavy atom. The van der Waals surface area contributed by atoms with Crippen LogP contribution in [0, 0.1) is 0 Å². The lowest BCUT2D eigenvalue weighted by Gasteiger charge is -2.08. The number of hydrogen-bond donors (Lipinski definition) is 2. The molecule has 0 radical (unpaired) electrons. The Hall–Kier alpha value is -1.88. The Bertz CT molecular complexity index is 415. The van der Waals surface area contributed by atoms with Crippen molar-refractivity contribution in [3.8, 4) is 0 Å². The minimum atomic E-state index is -0.184. The molecule has 0 saturated heterocycles. The van der Waals surface area contributed by atoms with E-state index in [0.717, 1.165) is 13.0 Å². The molecule has 0 heterocycles. The van der Waals surface area contributed by atoms with Crippen molar-refractivity contribution in [3.63, 3.8) is 0 Å². The first-order chi connectivity index (χ1) is 8.58. The Balaban J connectivity index is 2.31. The molecule has 0 unspecified atom stereocenters. The molecule has 0 saturated carbocycles. The molecule has 0 bridgehead atoms. The van der Waals surface area contributed by atoms with Crippen molar-refractivity contribution in [1.29, 1.82) is 0 Å². The van der Waals surface area contributed by atoms with Crippen LogP contribution in [0.5, 0.6) is 0 Å². The Morgan fingerprint density at radius 1 is 1.50 bits per heavy atom. The fourth-order valence-corrected chi connectivity index (χ4v) is 1.39. The lowest BCUT2D eigenvalue weighted by atomic mass is 10.3. The molecule has 1 aromatic carbocycles. The molecule has 1 rings (SSSR count). The first kappa shape index (κ1) is 14.2. The number of nitrogens with two attached hydrogens (primary N) is 1. The van der Waals surface area contributed by atoms with Gasteiger partial charge in [-0.05, 0) is 45.3 Å². The van der Waals surface area contributed by atoms with Crippen molar-refractivity contribution in [2.45, 2.75) is 6.42 Å². The second-order valence-corrected chi connectivity index (χ2v) is 4.30. The van der Waals surface area contributed by atoms with Crippen LogP contribution < -0.4 is 11.1 Å². The third kappa shape index (κ3) is 6.00. The molecule has 0 spiro atoms. The lowest BCUT2D eigenvalue weighted by molar-refractivity contribution is -0.114. The van der Waals surface area contributed by atoms with Crippen LogP contribution in [0.1, 0.15) is 6.42 Å². The molecule has 0 aliphatic carbocycles. The van der Waals surface area contributed by atoms with E-state index in [4.69, 9.17) is 5.73 Å². The van der Waals surface area contributed by atoms with Crippen molar-refractivity contribution < 1.29 is 4.79 Å². The van der Waals surface area contributed by atoms with Gasteiger partial charge in [0, 0.05) is 12.2 Å². The second-order valence-electron chi connectivity index (χ2n) is 4.30. The van der Waals surface area contributed by atoms with Crippen LogP contribution in [0.4, 0.5) is 11.4 Å². The summed E-state index contributed by atoms with van der Waals surface area (Å²) in [4.78, 5) is 17.6. The maximum atomic E-state index is 11.4. The zero-order valence-electron chi connectivity index (χ0n) is 10.9. The van der Waals surface area contributed by atoms with Crippen LogP contribution in [0.3, 0.4) is 0 Å². The molecule has 1 amide bonds. The first-order valence-electron chi connectivity index (χ1n) is 5.90. The molecule has 1 aromatic rings. The van der Waals surface area contributed by atoms with Crippen molar-refractivity contribution in [3.05, 3.63) is 24.3 Å². The molecule has 18 heavy (non-hydrogen) atoms. The Labute approximate surface area is 108 Å². The topological polar surface area (TPSA) is 70.7 Å². The number of benzene rings is 1. The van der Waals surface area contributed by atoms with Crippen LogP contribution in [0.15, 0.2) is 29.3 Å². The number of carbonyl (C=O) groups excluding carboxylic acids is 1. The summed E-state index contributed by atoms with van der Waals surface area (Å²) in [6.45, 7) is 1.60. The SMILES string of the molecule is CN(C)CCCNC(=O)/C=N/c1cccc(N)c1. The Morgan fingerprint density at radius 2 is 2.28 bits per heavy atom. The quantitative estimate of drug-likeness (QED) is 0.449. The van der Waals surface area contributed by atoms with E-state index < -0.39 is 0 Å². The van der Waals surface area contributed by atoms with E-state index >= 15 is 0 Å². The van der Waals surface area contributed by atoms with Crippen molar-refractivity contribution in [2.75, 3.05) is 32.9 Å². The number of nitrogens with zero attached hydrogens (tertiary/aromatic N) is 2. The van der Waals surface area contributed by atoms with E-state index in [1.54, 1.807) is 24.3 Å². The maximum absolute atomic E-state index is 11.4. The van der Waals surface area contributed by atoms with Gasteiger partial charge in [-0.1, -0.05) is 6.07 Å². The normalized spacial score (nSPS) is 11.1. The monoisotopic (exact) mass is 248 g/mol. The highest BCUT2D eigenvalue weighted by Gasteiger charge is 1.96. The highest BCUT2D eigenvalue weighted by atomic mass is 16.1. The zero-order chi connectivity index (χ0) is 13.4. The lowest BCUT2D eigenvalue weighted by Crippen LogP contribution is -2.27. The summed E-state index contributed by atoms with van der Waals surface area (Å²) in [5.41, 5.74) is 6.93. The standard InChI is InChI=1S/C13H20N4O/c1-17(2)8-4-7-15-13(18)10-16-12-6-3-5-11(14)9-12/h3,5-6,9-10H,4,7-8,14H2,1-2H3,(H,15,18)/b16-10+. The minimum absolute atomic E-state index is 0.184. The third-order valence-corrected chi connectivity index (χ3v) is 2.28. The molecule has 5 heteroatoms. The van der Waals surface area contributed by atoms with Crippen LogP contribution in [-0.4, -0.2) is 44.2 Å². The summed E-state index contributed by atoms with van der Waals surface area (Å²) in [5.74, 6) is -0.184. The highest BCUT2D eigenvalue weighted by Crippen LogP contribution is 2.14. The van der Waals surface area contributed by atoms with Gasteiger partial charge in [0.15, 0.2) is 0 Å². The predicted molar refractivity (Wildman–Crippen MR) is 75.2 cm³/mol. The molecule has 98 valence electrons. The maximum Gasteiger partial charge on any atom is 0.262 e. The van der Waals surface area contributed by atoms with Crippen molar-refractivity contribution >= 4 is 23.5 Å². The number of nitrogens with one attached hydrogen (secondary N) is 1. The van der Waals surface area contributed by atoms with Gasteiger partial charge in [0.25, 0.3) is 5.91 Å². The molecular weight excluding hydrogens is 228 g/mol. The Kier molecular flexibility index (Phi) is 5.87. The van der Waals surface area contributed by atoms with Crippen LogP contribution in [0.2, 0.25) is 0 Å². The van der Waals surface area contributed by atoms with Gasteiger partial charge in [0.1, 0.15) is 0 Å². The van der Waals surface area contributed by atoms with E-state index in [9.17, 15) is 4.79 Å². The van der Waals surface area contributed by atoms with E-state index in [1.807, 2.05) is 14.1 Å². The molecular formula is C13H20N4O. The molecule has 0 fully saturated rings. The minimum Gasteiger partial charge on any atom is -0.399 e. The van der Waals surface area contributed by atoms with Crippen LogP contribution in [-0.2, 0) is 4.79 Å². The fraction of sp³-hybridized carbons (Fsp3) is 0.385. The van der Waals surface area contributed by atoms with E-state index in [2.05, 4.69) is 15.2 Å². The number of anilines is 1. The smallest absolute Gasteiger partial charge is 0.262 e. The number of nitrogen functional groups attached to an aromatic ring is 1. The third-order valence-electron chi connectivity index (χ3n) is 2.28. The summed E-state index contributed by atoms with van der Waals surface area (Å²) in [5, 5.41) is 2.78. The average Bonchev–Trinajstić information content (AvgIpc) is 2.32. The van der Waals surface area contributed by atoms with Gasteiger partial charge in [-0.25, -0.2) is 0 Å². The number of carbonyl (C=O) groups is 1. The number of amides is 1. The van der Waals surface area contributed by atoms with Crippen molar-refractivity contribution in [1.82, 2.24) is 10.2 Å². The van der Waals surface area contributed by atoms with Gasteiger partial charge in [-0.3, -0.25) is 9.79 Å². The summed E-state index contributed by atoms with van der Waals surface area (Å²) in [7, 11) is 4.01. The van der Waals surface area contributed by atoms with Gasteiger partial charge >= 0.3 is 0 Å². The molecule has 5 nitrogen and oxygen atoms in total. The number of hydrogen-bond acceptors (Lipinski definition) is 4. The number of rotatable bonds is 6. The molecule has 0 aromatic heterocycles. The van der Waals surface area contributed by atoms with E-state index in [1.165, 1.54) is 6.21 Å². The summed E-state index contributed by atoms with van der Waals surface area (Å²) >= 11 is 0. The molecule has 0 aliphatic heterocycles. The highest BCUT2D eigenvalue weighted by molar-refractivity contribution is 6.26. The summed E-state index contributed by atoms with van der Waals surface area (Å²) < 4.78 is 0. The molecule has 0 atom stereocenters. The first-order valence-corrected chi connectivity index (χ1v) is 5.90. The van der Waals surface area contributed by atoms with E-state index in [-0.39, 0.29) is 5.91 Å². The molecule has 3 N–H and O–H groups in total. The second kappa shape index (κ2) is 7.45. The summed E-state index contributed by atoms with van der Waals surface area (Å²) in [6, 6.07) is 7.10. The van der Waals surface area contributed by atoms with Crippen molar-refractivity contribution in [2.24, 2.45) is 4.99 Å². The number of aliphatic imine (C=N–C) groups is 1. The summed E-state index contributed by atoms with van der Waals surface area (Å²) in [6.07, 6.45) is 2.20. The van der Waals surface area contributed by atoms with Gasteiger partial charge in [-0.15, -0.1) is 0 Å². The molecule has 0 aliphatic rings. The zero-order valence-corrected chi connectivity index (χ0v) is 10.9. The van der Waals surface area contributed by atoms with Gasteiger partial charge in [-0.2, -0.15) is 0 Å². The van der Waals surface area contributed by atoms with Gasteiger partial charge in [0.2, 0.25) is 0 Å². The largest absolute Gasteiger partial charge is 0.399 e. The average molecular weight is 248 g/mol. The van der Waals surface area contributed by atoms with Gasteiger partial charge in [0.05, 0.1) is 11.9 Å². The fourth-order valence-electron chi connectivity index (χ4n) is 1.39. The van der Waals surface area contributed by atoms with Crippen LogP contribution >= 0.6 is 0 Å². The van der Waals surface area contributed by atoms with Crippen LogP contribution in [0.25, 0.3) is 0 Å².